The van der Waals surface area contributed by atoms with E-state index in [0.717, 1.165) is 17.4 Å². The largest absolute Gasteiger partial charge is 0.419 e. The summed E-state index contributed by atoms with van der Waals surface area (Å²) in [6.45, 7) is 0.152. The number of halogens is 4. The fourth-order valence-corrected chi connectivity index (χ4v) is 2.20. The van der Waals surface area contributed by atoms with Crippen LogP contribution in [-0.4, -0.2) is 10.8 Å². The van der Waals surface area contributed by atoms with Crippen molar-refractivity contribution in [3.63, 3.8) is 0 Å². The fourth-order valence-electron chi connectivity index (χ4n) is 1.54. The molecule has 2 rings (SSSR count). The van der Waals surface area contributed by atoms with Crippen molar-refractivity contribution in [1.82, 2.24) is 4.98 Å². The highest BCUT2D eigenvalue weighted by atomic mass is 32.1. The Balaban J connectivity index is 2.34. The lowest BCUT2D eigenvalue weighted by Crippen LogP contribution is -2.10. The smallest absolute Gasteiger partial charge is 0.325 e. The van der Waals surface area contributed by atoms with E-state index in [-0.39, 0.29) is 17.8 Å². The molecule has 0 aliphatic rings. The maximum atomic E-state index is 13.4. The Morgan fingerprint density at radius 1 is 1.35 bits per heavy atom. The number of thiazole rings is 1. The first-order chi connectivity index (χ1) is 9.32. The van der Waals surface area contributed by atoms with Gasteiger partial charge in [0.15, 0.2) is 0 Å². The van der Waals surface area contributed by atoms with E-state index in [9.17, 15) is 22.4 Å². The molecule has 1 aromatic carbocycles. The van der Waals surface area contributed by atoms with Gasteiger partial charge in [0.1, 0.15) is 16.5 Å². The van der Waals surface area contributed by atoms with E-state index < -0.39 is 23.3 Å². The molecule has 0 amide bonds. The first-order valence-corrected chi connectivity index (χ1v) is 6.27. The molecule has 0 fully saturated rings. The highest BCUT2D eigenvalue weighted by Gasteiger charge is 2.34. The predicted molar refractivity (Wildman–Crippen MR) is 64.8 cm³/mol. The highest BCUT2D eigenvalue weighted by Crippen LogP contribution is 2.31. The molecule has 106 valence electrons. The lowest BCUT2D eigenvalue weighted by Gasteiger charge is -2.08. The SMILES string of the molecule is NCc1nc(C(=O)c2ccc(C(F)(F)F)c(F)c2)cs1. The van der Waals surface area contributed by atoms with Gasteiger partial charge in [0.05, 0.1) is 5.56 Å². The molecule has 0 saturated carbocycles. The minimum absolute atomic E-state index is 0.0367. The number of carbonyl (C=O) groups excluding carboxylic acids is 1. The molecule has 1 aromatic heterocycles. The van der Waals surface area contributed by atoms with Gasteiger partial charge in [0, 0.05) is 17.5 Å². The molecule has 8 heteroatoms. The van der Waals surface area contributed by atoms with Crippen molar-refractivity contribution in [2.45, 2.75) is 12.7 Å². The normalized spacial score (nSPS) is 11.7. The Morgan fingerprint density at radius 2 is 2.05 bits per heavy atom. The Morgan fingerprint density at radius 3 is 2.55 bits per heavy atom. The van der Waals surface area contributed by atoms with Crippen LogP contribution in [0.4, 0.5) is 17.6 Å². The molecule has 0 atom stereocenters. The average molecular weight is 304 g/mol. The van der Waals surface area contributed by atoms with Gasteiger partial charge >= 0.3 is 6.18 Å². The van der Waals surface area contributed by atoms with Crippen LogP contribution in [0.2, 0.25) is 0 Å². The summed E-state index contributed by atoms with van der Waals surface area (Å²) in [6, 6.07) is 2.03. The Labute approximate surface area is 115 Å². The lowest BCUT2D eigenvalue weighted by molar-refractivity contribution is -0.140. The van der Waals surface area contributed by atoms with Crippen LogP contribution in [0.15, 0.2) is 23.6 Å². The average Bonchev–Trinajstić information content (AvgIpc) is 2.85. The fraction of sp³-hybridized carbons (Fsp3) is 0.167. The third-order valence-corrected chi connectivity index (χ3v) is 3.37. The van der Waals surface area contributed by atoms with Gasteiger partial charge in [-0.1, -0.05) is 6.07 Å². The molecule has 2 aromatic rings. The molecular formula is C12H8F4N2OS. The van der Waals surface area contributed by atoms with Crippen LogP contribution in [-0.2, 0) is 12.7 Å². The van der Waals surface area contributed by atoms with Crippen molar-refractivity contribution in [3.05, 3.63) is 51.2 Å². The zero-order chi connectivity index (χ0) is 14.9. The minimum atomic E-state index is -4.79. The number of nitrogens with zero attached hydrogens (tertiary/aromatic N) is 1. The van der Waals surface area contributed by atoms with Crippen molar-refractivity contribution in [3.8, 4) is 0 Å². The third kappa shape index (κ3) is 2.86. The Bertz CT molecular complexity index is 651. The van der Waals surface area contributed by atoms with Crippen LogP contribution in [0.3, 0.4) is 0 Å². The summed E-state index contributed by atoms with van der Waals surface area (Å²) in [6.07, 6.45) is -4.79. The van der Waals surface area contributed by atoms with Gasteiger partial charge in [0.25, 0.3) is 0 Å². The predicted octanol–water partition coefficient (Wildman–Crippen LogP) is 2.99. The van der Waals surface area contributed by atoms with Crippen LogP contribution in [0.25, 0.3) is 0 Å². The van der Waals surface area contributed by atoms with Crippen molar-refractivity contribution < 1.29 is 22.4 Å². The summed E-state index contributed by atoms with van der Waals surface area (Å²) in [7, 11) is 0. The van der Waals surface area contributed by atoms with Crippen LogP contribution in [0, 0.1) is 5.82 Å². The molecule has 0 aliphatic carbocycles. The first-order valence-electron chi connectivity index (χ1n) is 5.39. The first kappa shape index (κ1) is 14.6. The summed E-state index contributed by atoms with van der Waals surface area (Å²) in [5.74, 6) is -2.13. The number of carbonyl (C=O) groups is 1. The van der Waals surface area contributed by atoms with E-state index >= 15 is 0 Å². The van der Waals surface area contributed by atoms with Crippen LogP contribution < -0.4 is 5.73 Å². The van der Waals surface area contributed by atoms with Gasteiger partial charge in [0.2, 0.25) is 5.78 Å². The van der Waals surface area contributed by atoms with E-state index in [0.29, 0.717) is 17.1 Å². The van der Waals surface area contributed by atoms with Gasteiger partial charge < -0.3 is 5.73 Å². The molecule has 0 radical (unpaired) electrons. The second-order valence-electron chi connectivity index (χ2n) is 3.85. The molecule has 2 N–H and O–H groups in total. The number of alkyl halides is 3. The lowest BCUT2D eigenvalue weighted by atomic mass is 10.1. The number of aromatic nitrogens is 1. The summed E-state index contributed by atoms with van der Waals surface area (Å²) in [5.41, 5.74) is 3.78. The maximum Gasteiger partial charge on any atom is 0.419 e. The molecule has 0 spiro atoms. The molecule has 0 saturated heterocycles. The highest BCUT2D eigenvalue weighted by molar-refractivity contribution is 7.09. The van der Waals surface area contributed by atoms with Crippen molar-refractivity contribution >= 4 is 17.1 Å². The number of rotatable bonds is 3. The van der Waals surface area contributed by atoms with Gasteiger partial charge in [-0.25, -0.2) is 9.37 Å². The van der Waals surface area contributed by atoms with Crippen LogP contribution >= 0.6 is 11.3 Å². The Kier molecular flexibility index (Phi) is 3.87. The molecule has 1 heterocycles. The third-order valence-electron chi connectivity index (χ3n) is 2.50. The van der Waals surface area contributed by atoms with E-state index in [1.54, 1.807) is 0 Å². The molecule has 0 aliphatic heterocycles. The van der Waals surface area contributed by atoms with Gasteiger partial charge in [-0.05, 0) is 12.1 Å². The number of hydrogen-bond acceptors (Lipinski definition) is 4. The minimum Gasteiger partial charge on any atom is -0.325 e. The van der Waals surface area contributed by atoms with Gasteiger partial charge in [-0.15, -0.1) is 11.3 Å². The summed E-state index contributed by atoms with van der Waals surface area (Å²) >= 11 is 1.15. The number of ketones is 1. The Hall–Kier alpha value is -1.80. The van der Waals surface area contributed by atoms with Crippen molar-refractivity contribution in [2.75, 3.05) is 0 Å². The van der Waals surface area contributed by atoms with Crippen LogP contribution in [0.1, 0.15) is 26.6 Å². The number of nitrogens with two attached hydrogens (primary N) is 1. The van der Waals surface area contributed by atoms with E-state index in [1.807, 2.05) is 0 Å². The van der Waals surface area contributed by atoms with E-state index in [2.05, 4.69) is 4.98 Å². The van der Waals surface area contributed by atoms with Gasteiger partial charge in [-0.3, -0.25) is 4.79 Å². The van der Waals surface area contributed by atoms with E-state index in [1.165, 1.54) is 5.38 Å². The summed E-state index contributed by atoms with van der Waals surface area (Å²) in [4.78, 5) is 15.8. The second-order valence-corrected chi connectivity index (χ2v) is 4.79. The zero-order valence-electron chi connectivity index (χ0n) is 9.87. The van der Waals surface area contributed by atoms with Crippen LogP contribution in [0.5, 0.6) is 0 Å². The molecule has 3 nitrogen and oxygen atoms in total. The molecule has 0 unspecified atom stereocenters. The molecule has 20 heavy (non-hydrogen) atoms. The number of hydrogen-bond donors (Lipinski definition) is 1. The zero-order valence-corrected chi connectivity index (χ0v) is 10.7. The topological polar surface area (TPSA) is 56.0 Å². The maximum absolute atomic E-state index is 13.4. The summed E-state index contributed by atoms with van der Waals surface area (Å²) in [5, 5.41) is 1.95. The standard InChI is InChI=1S/C12H8F4N2OS/c13-8-3-6(1-2-7(8)12(14,15)16)11(19)9-5-20-10(4-17)18-9/h1-3,5H,4,17H2. The van der Waals surface area contributed by atoms with Crippen molar-refractivity contribution in [1.29, 1.82) is 0 Å². The van der Waals surface area contributed by atoms with E-state index in [4.69, 9.17) is 5.73 Å². The van der Waals surface area contributed by atoms with Crippen molar-refractivity contribution in [2.24, 2.45) is 5.73 Å². The quantitative estimate of drug-likeness (QED) is 0.700. The molecular weight excluding hydrogens is 296 g/mol. The monoisotopic (exact) mass is 304 g/mol. The second kappa shape index (κ2) is 5.29. The van der Waals surface area contributed by atoms with Gasteiger partial charge in [-0.2, -0.15) is 13.2 Å². The molecule has 0 bridgehead atoms. The number of benzene rings is 1. The summed E-state index contributed by atoms with van der Waals surface area (Å²) < 4.78 is 50.6.